The SMILES string of the molecule is CC(C)C[C@@H](NC(=O)N[C@@H]1CCCC[C@@H]1C)C(=O)O. The molecule has 3 atom stereocenters. The van der Waals surface area contributed by atoms with Crippen molar-refractivity contribution < 1.29 is 14.7 Å². The second-order valence-corrected chi connectivity index (χ2v) is 6.01. The fourth-order valence-electron chi connectivity index (χ4n) is 2.59. The van der Waals surface area contributed by atoms with Crippen LogP contribution in [0.1, 0.15) is 52.9 Å². The molecule has 0 aliphatic heterocycles. The van der Waals surface area contributed by atoms with Crippen molar-refractivity contribution in [2.75, 3.05) is 0 Å². The zero-order valence-electron chi connectivity index (χ0n) is 12.1. The van der Waals surface area contributed by atoms with E-state index in [1.165, 1.54) is 6.42 Å². The average Bonchev–Trinajstić information content (AvgIpc) is 2.30. The Morgan fingerprint density at radius 2 is 1.89 bits per heavy atom. The number of urea groups is 1. The molecule has 0 spiro atoms. The largest absolute Gasteiger partial charge is 0.480 e. The molecule has 1 saturated carbocycles. The quantitative estimate of drug-likeness (QED) is 0.717. The summed E-state index contributed by atoms with van der Waals surface area (Å²) in [5, 5.41) is 14.6. The van der Waals surface area contributed by atoms with Crippen LogP contribution in [0.2, 0.25) is 0 Å². The van der Waals surface area contributed by atoms with Crippen LogP contribution >= 0.6 is 0 Å². The van der Waals surface area contributed by atoms with Crippen LogP contribution in [0.4, 0.5) is 4.79 Å². The van der Waals surface area contributed by atoms with Gasteiger partial charge in [-0.15, -0.1) is 0 Å². The van der Waals surface area contributed by atoms with Gasteiger partial charge in [0.2, 0.25) is 0 Å². The normalized spacial score (nSPS) is 24.8. The van der Waals surface area contributed by atoms with E-state index in [1.54, 1.807) is 0 Å². The van der Waals surface area contributed by atoms with Crippen molar-refractivity contribution >= 4 is 12.0 Å². The third-order valence-corrected chi connectivity index (χ3v) is 3.74. The summed E-state index contributed by atoms with van der Waals surface area (Å²) in [6.45, 7) is 6.02. The Morgan fingerprint density at radius 1 is 1.26 bits per heavy atom. The summed E-state index contributed by atoms with van der Waals surface area (Å²) in [6.07, 6.45) is 4.90. The van der Waals surface area contributed by atoms with Gasteiger partial charge >= 0.3 is 12.0 Å². The lowest BCUT2D eigenvalue weighted by Gasteiger charge is -2.30. The highest BCUT2D eigenvalue weighted by molar-refractivity contribution is 5.82. The molecule has 19 heavy (non-hydrogen) atoms. The van der Waals surface area contributed by atoms with Crippen molar-refractivity contribution in [2.45, 2.75) is 65.0 Å². The molecular formula is C14H26N2O3. The van der Waals surface area contributed by atoms with Gasteiger partial charge in [0.15, 0.2) is 0 Å². The molecule has 1 aliphatic rings. The van der Waals surface area contributed by atoms with Crippen LogP contribution in [0.15, 0.2) is 0 Å². The smallest absolute Gasteiger partial charge is 0.326 e. The molecule has 1 aliphatic carbocycles. The van der Waals surface area contributed by atoms with Crippen LogP contribution in [0, 0.1) is 11.8 Å². The summed E-state index contributed by atoms with van der Waals surface area (Å²) in [6, 6.07) is -0.993. The maximum Gasteiger partial charge on any atom is 0.326 e. The first-order valence-electron chi connectivity index (χ1n) is 7.20. The van der Waals surface area contributed by atoms with Crippen molar-refractivity contribution in [2.24, 2.45) is 11.8 Å². The number of nitrogens with one attached hydrogen (secondary N) is 2. The number of carbonyl (C=O) groups excluding carboxylic acids is 1. The van der Waals surface area contributed by atoms with Gasteiger partial charge in [-0.05, 0) is 31.1 Å². The van der Waals surface area contributed by atoms with E-state index in [4.69, 9.17) is 5.11 Å². The van der Waals surface area contributed by atoms with Gasteiger partial charge < -0.3 is 15.7 Å². The van der Waals surface area contributed by atoms with Gasteiger partial charge in [0, 0.05) is 6.04 Å². The Kier molecular flexibility index (Phi) is 6.12. The molecule has 5 heteroatoms. The van der Waals surface area contributed by atoms with Crippen molar-refractivity contribution in [1.29, 1.82) is 0 Å². The molecule has 0 radical (unpaired) electrons. The summed E-state index contributed by atoms with van der Waals surface area (Å²) in [4.78, 5) is 23.0. The number of carboxylic acid groups (broad SMARTS) is 1. The molecule has 1 rings (SSSR count). The molecule has 0 saturated heterocycles. The molecule has 0 unspecified atom stereocenters. The highest BCUT2D eigenvalue weighted by atomic mass is 16.4. The molecule has 0 aromatic heterocycles. The lowest BCUT2D eigenvalue weighted by molar-refractivity contribution is -0.139. The van der Waals surface area contributed by atoms with Crippen LogP contribution < -0.4 is 10.6 Å². The average molecular weight is 270 g/mol. The summed E-state index contributed by atoms with van der Waals surface area (Å²) in [7, 11) is 0. The predicted octanol–water partition coefficient (Wildman–Crippen LogP) is 2.36. The van der Waals surface area contributed by atoms with Gasteiger partial charge in [0.1, 0.15) is 6.04 Å². The van der Waals surface area contributed by atoms with Crippen molar-refractivity contribution in [3.8, 4) is 0 Å². The first kappa shape index (κ1) is 15.8. The van der Waals surface area contributed by atoms with Crippen LogP contribution in [0.3, 0.4) is 0 Å². The van der Waals surface area contributed by atoms with E-state index in [1.807, 2.05) is 13.8 Å². The number of aliphatic carboxylic acids is 1. The Bertz CT molecular complexity index is 318. The minimum absolute atomic E-state index is 0.169. The molecular weight excluding hydrogens is 244 g/mol. The second-order valence-electron chi connectivity index (χ2n) is 6.01. The summed E-state index contributed by atoms with van der Waals surface area (Å²) < 4.78 is 0. The van der Waals surface area contributed by atoms with E-state index in [2.05, 4.69) is 17.6 Å². The van der Waals surface area contributed by atoms with E-state index in [0.29, 0.717) is 12.3 Å². The number of carbonyl (C=O) groups is 2. The minimum atomic E-state index is -0.972. The summed E-state index contributed by atoms with van der Waals surface area (Å²) in [5.41, 5.74) is 0. The molecule has 0 aromatic rings. The predicted molar refractivity (Wildman–Crippen MR) is 74.0 cm³/mol. The Morgan fingerprint density at radius 3 is 2.42 bits per heavy atom. The van der Waals surface area contributed by atoms with Crippen LogP contribution in [-0.2, 0) is 4.79 Å². The van der Waals surface area contributed by atoms with Crippen molar-refractivity contribution in [3.63, 3.8) is 0 Å². The number of rotatable bonds is 5. The molecule has 110 valence electrons. The van der Waals surface area contributed by atoms with E-state index in [0.717, 1.165) is 19.3 Å². The van der Waals surface area contributed by atoms with Gasteiger partial charge in [0.25, 0.3) is 0 Å². The maximum atomic E-state index is 11.9. The van der Waals surface area contributed by atoms with E-state index in [-0.39, 0.29) is 18.0 Å². The Hall–Kier alpha value is -1.26. The molecule has 1 fully saturated rings. The first-order chi connectivity index (χ1) is 8.90. The Labute approximate surface area is 115 Å². The van der Waals surface area contributed by atoms with Gasteiger partial charge in [-0.1, -0.05) is 33.6 Å². The Balaban J connectivity index is 2.45. The zero-order valence-corrected chi connectivity index (χ0v) is 12.1. The molecule has 0 heterocycles. The first-order valence-corrected chi connectivity index (χ1v) is 7.20. The number of amides is 2. The molecule has 3 N–H and O–H groups in total. The lowest BCUT2D eigenvalue weighted by Crippen LogP contribution is -2.51. The number of carboxylic acids is 1. The number of hydrogen-bond donors (Lipinski definition) is 3. The molecule has 5 nitrogen and oxygen atoms in total. The maximum absolute atomic E-state index is 11.9. The van der Waals surface area contributed by atoms with E-state index >= 15 is 0 Å². The van der Waals surface area contributed by atoms with Gasteiger partial charge in [-0.3, -0.25) is 0 Å². The lowest BCUT2D eigenvalue weighted by atomic mass is 9.86. The van der Waals surface area contributed by atoms with E-state index in [9.17, 15) is 9.59 Å². The topological polar surface area (TPSA) is 78.4 Å². The highest BCUT2D eigenvalue weighted by Gasteiger charge is 2.25. The van der Waals surface area contributed by atoms with E-state index < -0.39 is 12.0 Å². The standard InChI is InChI=1S/C14H26N2O3/c1-9(2)8-12(13(17)18)16-14(19)15-11-7-5-4-6-10(11)3/h9-12H,4-8H2,1-3H3,(H,17,18)(H2,15,16,19)/t10-,11+,12+/m0/s1. The van der Waals surface area contributed by atoms with Gasteiger partial charge in [-0.2, -0.15) is 0 Å². The fraction of sp³-hybridized carbons (Fsp3) is 0.857. The molecule has 0 bridgehead atoms. The number of hydrogen-bond acceptors (Lipinski definition) is 2. The van der Waals surface area contributed by atoms with Crippen LogP contribution in [0.5, 0.6) is 0 Å². The summed E-state index contributed by atoms with van der Waals surface area (Å²) >= 11 is 0. The third kappa shape index (κ3) is 5.49. The molecule has 0 aromatic carbocycles. The minimum Gasteiger partial charge on any atom is -0.480 e. The monoisotopic (exact) mass is 270 g/mol. The van der Waals surface area contributed by atoms with Crippen molar-refractivity contribution in [3.05, 3.63) is 0 Å². The third-order valence-electron chi connectivity index (χ3n) is 3.74. The van der Waals surface area contributed by atoms with Gasteiger partial charge in [-0.25, -0.2) is 9.59 Å². The second kappa shape index (κ2) is 7.36. The fourth-order valence-corrected chi connectivity index (χ4v) is 2.59. The van der Waals surface area contributed by atoms with Crippen LogP contribution in [-0.4, -0.2) is 29.2 Å². The highest BCUT2D eigenvalue weighted by Crippen LogP contribution is 2.23. The zero-order chi connectivity index (χ0) is 14.4. The molecule has 2 amide bonds. The van der Waals surface area contributed by atoms with Gasteiger partial charge in [0.05, 0.1) is 0 Å². The van der Waals surface area contributed by atoms with Crippen molar-refractivity contribution in [1.82, 2.24) is 10.6 Å². The van der Waals surface area contributed by atoms with Crippen LogP contribution in [0.25, 0.3) is 0 Å². The summed E-state index contributed by atoms with van der Waals surface area (Å²) in [5.74, 6) is -0.275.